The quantitative estimate of drug-likeness (QED) is 0.482. The van der Waals surface area contributed by atoms with E-state index in [-0.39, 0.29) is 29.4 Å². The molecule has 3 aromatic rings. The summed E-state index contributed by atoms with van der Waals surface area (Å²) in [5.74, 6) is -0.560. The van der Waals surface area contributed by atoms with Gasteiger partial charge in [0.2, 0.25) is 0 Å². The molecule has 0 saturated heterocycles. The number of pyridine rings is 1. The number of methoxy groups -OCH3 is 1. The average Bonchev–Trinajstić information content (AvgIpc) is 2.74. The molecule has 1 aliphatic carbocycles. The van der Waals surface area contributed by atoms with Crippen LogP contribution in [0.3, 0.4) is 0 Å². The van der Waals surface area contributed by atoms with Gasteiger partial charge in [-0.3, -0.25) is 18.8 Å². The van der Waals surface area contributed by atoms with Crippen molar-refractivity contribution in [2.45, 2.75) is 31.7 Å². The molecule has 0 unspecified atom stereocenters. The zero-order chi connectivity index (χ0) is 20.5. The maximum Gasteiger partial charge on any atom is 0.308 e. The number of amides is 1. The van der Waals surface area contributed by atoms with Crippen LogP contribution in [0.15, 0.2) is 45.8 Å². The van der Waals surface area contributed by atoms with Gasteiger partial charge in [0.05, 0.1) is 29.5 Å². The Balaban J connectivity index is 1.62. The lowest BCUT2D eigenvalue weighted by Crippen LogP contribution is -2.39. The molecule has 1 aliphatic rings. The Hall–Kier alpha value is -2.74. The predicted molar refractivity (Wildman–Crippen MR) is 112 cm³/mol. The summed E-state index contributed by atoms with van der Waals surface area (Å²) in [4.78, 5) is 42.0. The molecule has 1 amide bonds. The standard InChI is InChI=1S/C21H20BrN3O4/c1-29-21(28)12-4-7-14(8-5-12)23-19(26)15-3-2-10-25-18(15)24-17-9-6-13(22)11-16(17)20(25)27/h2-3,6,9-12,14H,4-5,7-8H2,1H3,(H,23,26). The van der Waals surface area contributed by atoms with Crippen molar-refractivity contribution in [2.24, 2.45) is 5.92 Å². The number of hydrogen-bond acceptors (Lipinski definition) is 5. The van der Waals surface area contributed by atoms with Crippen LogP contribution in [0, 0.1) is 5.92 Å². The second-order valence-corrected chi connectivity index (χ2v) is 8.15. The Kier molecular flexibility index (Phi) is 5.36. The Labute approximate surface area is 175 Å². The van der Waals surface area contributed by atoms with Gasteiger partial charge in [-0.25, -0.2) is 4.98 Å². The second-order valence-electron chi connectivity index (χ2n) is 7.24. The number of rotatable bonds is 3. The first-order chi connectivity index (χ1) is 14.0. The minimum Gasteiger partial charge on any atom is -0.469 e. The summed E-state index contributed by atoms with van der Waals surface area (Å²) in [6.07, 6.45) is 4.40. The number of carbonyl (C=O) groups is 2. The Morgan fingerprint density at radius 1 is 1.21 bits per heavy atom. The molecule has 150 valence electrons. The van der Waals surface area contributed by atoms with Gasteiger partial charge in [-0.05, 0) is 56.0 Å². The van der Waals surface area contributed by atoms with Crippen molar-refractivity contribution in [3.63, 3.8) is 0 Å². The molecule has 1 aromatic carbocycles. The van der Waals surface area contributed by atoms with Gasteiger partial charge in [-0.1, -0.05) is 15.9 Å². The number of aromatic nitrogens is 2. The largest absolute Gasteiger partial charge is 0.469 e. The molecule has 1 fully saturated rings. The molecular formula is C21H20BrN3O4. The zero-order valence-corrected chi connectivity index (χ0v) is 17.4. The number of benzene rings is 1. The van der Waals surface area contributed by atoms with E-state index in [2.05, 4.69) is 26.2 Å². The van der Waals surface area contributed by atoms with E-state index in [0.29, 0.717) is 47.8 Å². The highest BCUT2D eigenvalue weighted by Gasteiger charge is 2.28. The Morgan fingerprint density at radius 2 is 1.97 bits per heavy atom. The highest BCUT2D eigenvalue weighted by molar-refractivity contribution is 9.10. The number of nitrogens with one attached hydrogen (secondary N) is 1. The monoisotopic (exact) mass is 457 g/mol. The molecule has 2 heterocycles. The number of esters is 1. The van der Waals surface area contributed by atoms with E-state index in [0.717, 1.165) is 4.47 Å². The topological polar surface area (TPSA) is 89.8 Å². The summed E-state index contributed by atoms with van der Waals surface area (Å²) in [6.45, 7) is 0. The SMILES string of the molecule is COC(=O)C1CCC(NC(=O)c2cccn3c(=O)c4cc(Br)ccc4nc23)CC1. The molecule has 0 spiro atoms. The summed E-state index contributed by atoms with van der Waals surface area (Å²) < 4.78 is 7.00. The number of ether oxygens (including phenoxy) is 1. The lowest BCUT2D eigenvalue weighted by Gasteiger charge is -2.27. The van der Waals surface area contributed by atoms with E-state index in [1.165, 1.54) is 11.5 Å². The first-order valence-electron chi connectivity index (χ1n) is 9.47. The van der Waals surface area contributed by atoms with E-state index >= 15 is 0 Å². The fraction of sp³-hybridized carbons (Fsp3) is 0.333. The highest BCUT2D eigenvalue weighted by atomic mass is 79.9. The third-order valence-corrected chi connectivity index (χ3v) is 5.94. The number of nitrogens with zero attached hydrogens (tertiary/aromatic N) is 2. The highest BCUT2D eigenvalue weighted by Crippen LogP contribution is 2.25. The molecule has 0 bridgehead atoms. The van der Waals surface area contributed by atoms with E-state index in [9.17, 15) is 14.4 Å². The second kappa shape index (κ2) is 7.94. The number of carbonyl (C=O) groups excluding carboxylic acids is 2. The van der Waals surface area contributed by atoms with Crippen LogP contribution >= 0.6 is 15.9 Å². The fourth-order valence-electron chi connectivity index (χ4n) is 3.88. The van der Waals surface area contributed by atoms with Crippen LogP contribution in [0.1, 0.15) is 36.0 Å². The van der Waals surface area contributed by atoms with Crippen molar-refractivity contribution < 1.29 is 14.3 Å². The van der Waals surface area contributed by atoms with Crippen LogP contribution in [0.5, 0.6) is 0 Å². The molecule has 4 rings (SSSR count). The molecule has 0 atom stereocenters. The van der Waals surface area contributed by atoms with Gasteiger partial charge >= 0.3 is 5.97 Å². The number of hydrogen-bond donors (Lipinski definition) is 1. The minimum absolute atomic E-state index is 0.0215. The molecule has 2 aromatic heterocycles. The van der Waals surface area contributed by atoms with E-state index in [1.807, 2.05) is 6.07 Å². The van der Waals surface area contributed by atoms with Crippen molar-refractivity contribution in [3.05, 3.63) is 56.9 Å². The van der Waals surface area contributed by atoms with Crippen LogP contribution in [-0.2, 0) is 9.53 Å². The molecule has 0 radical (unpaired) electrons. The normalized spacial score (nSPS) is 19.2. The fourth-order valence-corrected chi connectivity index (χ4v) is 4.24. The predicted octanol–water partition coefficient (Wildman–Crippen LogP) is 3.07. The lowest BCUT2D eigenvalue weighted by molar-refractivity contribution is -0.146. The van der Waals surface area contributed by atoms with Gasteiger partial charge in [0.15, 0.2) is 5.65 Å². The van der Waals surface area contributed by atoms with E-state index in [4.69, 9.17) is 4.74 Å². The molecule has 7 nitrogen and oxygen atoms in total. The van der Waals surface area contributed by atoms with Gasteiger partial charge in [-0.2, -0.15) is 0 Å². The smallest absolute Gasteiger partial charge is 0.308 e. The van der Waals surface area contributed by atoms with Gasteiger partial charge < -0.3 is 10.1 Å². The maximum atomic E-state index is 12.9. The van der Waals surface area contributed by atoms with Crippen LogP contribution in [-0.4, -0.2) is 34.4 Å². The van der Waals surface area contributed by atoms with Gasteiger partial charge in [0.1, 0.15) is 0 Å². The van der Waals surface area contributed by atoms with Crippen molar-refractivity contribution in [3.8, 4) is 0 Å². The molecule has 8 heteroatoms. The lowest BCUT2D eigenvalue weighted by atomic mass is 9.86. The molecule has 0 aliphatic heterocycles. The first-order valence-corrected chi connectivity index (χ1v) is 10.3. The third kappa shape index (κ3) is 3.76. The molecule has 29 heavy (non-hydrogen) atoms. The summed E-state index contributed by atoms with van der Waals surface area (Å²) in [7, 11) is 1.40. The zero-order valence-electron chi connectivity index (χ0n) is 15.9. The van der Waals surface area contributed by atoms with Gasteiger partial charge in [0.25, 0.3) is 11.5 Å². The third-order valence-electron chi connectivity index (χ3n) is 5.44. The van der Waals surface area contributed by atoms with Crippen LogP contribution in [0.2, 0.25) is 0 Å². The van der Waals surface area contributed by atoms with Crippen LogP contribution in [0.25, 0.3) is 16.6 Å². The van der Waals surface area contributed by atoms with Gasteiger partial charge in [0, 0.05) is 16.7 Å². The van der Waals surface area contributed by atoms with Crippen molar-refractivity contribution in [1.82, 2.24) is 14.7 Å². The maximum absolute atomic E-state index is 12.9. The Morgan fingerprint density at radius 3 is 2.69 bits per heavy atom. The first kappa shape index (κ1) is 19.6. The van der Waals surface area contributed by atoms with Crippen molar-refractivity contribution in [1.29, 1.82) is 0 Å². The molecule has 1 saturated carbocycles. The van der Waals surface area contributed by atoms with Crippen LogP contribution in [0.4, 0.5) is 0 Å². The molecule has 1 N–H and O–H groups in total. The van der Waals surface area contributed by atoms with E-state index in [1.54, 1.807) is 30.5 Å². The van der Waals surface area contributed by atoms with Crippen molar-refractivity contribution >= 4 is 44.4 Å². The van der Waals surface area contributed by atoms with Crippen molar-refractivity contribution in [2.75, 3.05) is 7.11 Å². The summed E-state index contributed by atoms with van der Waals surface area (Å²) in [6, 6.07) is 8.61. The van der Waals surface area contributed by atoms with Gasteiger partial charge in [-0.15, -0.1) is 0 Å². The summed E-state index contributed by atoms with van der Waals surface area (Å²) >= 11 is 3.37. The number of halogens is 1. The molecular weight excluding hydrogens is 438 g/mol. The summed E-state index contributed by atoms with van der Waals surface area (Å²) in [5, 5.41) is 3.51. The Bertz CT molecular complexity index is 1170. The minimum atomic E-state index is -0.270. The van der Waals surface area contributed by atoms with Crippen LogP contribution < -0.4 is 10.9 Å². The van der Waals surface area contributed by atoms with E-state index < -0.39 is 0 Å². The number of fused-ring (bicyclic) bond motifs is 2. The summed E-state index contributed by atoms with van der Waals surface area (Å²) in [5.41, 5.74) is 0.995. The average molecular weight is 458 g/mol.